The number of hydrogen-bond acceptors (Lipinski definition) is 4. The Balaban J connectivity index is 1.72. The third-order valence-corrected chi connectivity index (χ3v) is 2.59. The van der Waals surface area contributed by atoms with Crippen LogP contribution >= 0.6 is 0 Å². The summed E-state index contributed by atoms with van der Waals surface area (Å²) in [5, 5.41) is 1.79. The highest BCUT2D eigenvalue weighted by atomic mass is 16.7. The lowest BCUT2D eigenvalue weighted by Gasteiger charge is -2.30. The van der Waals surface area contributed by atoms with Crippen molar-refractivity contribution in [1.82, 2.24) is 9.96 Å². The van der Waals surface area contributed by atoms with Crippen LogP contribution in [0.3, 0.4) is 0 Å². The first kappa shape index (κ1) is 8.97. The Morgan fingerprint density at radius 2 is 1.85 bits per heavy atom. The fourth-order valence-corrected chi connectivity index (χ4v) is 1.40. The molecular weight excluding hydrogens is 168 g/mol. The van der Waals surface area contributed by atoms with Crippen molar-refractivity contribution < 1.29 is 9.63 Å². The predicted octanol–water partition coefficient (Wildman–Crippen LogP) is 0.102. The van der Waals surface area contributed by atoms with E-state index in [9.17, 15) is 4.79 Å². The van der Waals surface area contributed by atoms with E-state index in [-0.39, 0.29) is 11.9 Å². The summed E-state index contributed by atoms with van der Waals surface area (Å²) in [4.78, 5) is 18.7. The van der Waals surface area contributed by atoms with Crippen molar-refractivity contribution in [2.24, 2.45) is 5.92 Å². The summed E-state index contributed by atoms with van der Waals surface area (Å²) < 4.78 is 0. The number of nitrogens with zero attached hydrogens (tertiary/aromatic N) is 2. The third-order valence-electron chi connectivity index (χ3n) is 2.59. The Kier molecular flexibility index (Phi) is 2.51. The summed E-state index contributed by atoms with van der Waals surface area (Å²) in [6.07, 6.45) is 2.04. The van der Waals surface area contributed by atoms with Gasteiger partial charge in [0.2, 0.25) is 0 Å². The first-order valence-corrected chi connectivity index (χ1v) is 4.91. The first-order chi connectivity index (χ1) is 6.25. The average molecular weight is 184 g/mol. The monoisotopic (exact) mass is 184 g/mol. The van der Waals surface area contributed by atoms with Gasteiger partial charge in [0.05, 0.1) is 5.92 Å². The minimum absolute atomic E-state index is 0.0236. The Hall–Kier alpha value is -0.610. The minimum atomic E-state index is -0.0236. The third kappa shape index (κ3) is 2.42. The molecule has 4 heteroatoms. The first-order valence-electron chi connectivity index (χ1n) is 4.91. The molecule has 0 aromatic carbocycles. The molecule has 0 aromatic rings. The lowest BCUT2D eigenvalue weighted by Crippen LogP contribution is -2.45. The maximum Gasteiger partial charge on any atom is 0.328 e. The summed E-state index contributed by atoms with van der Waals surface area (Å²) in [7, 11) is 2.08. The van der Waals surface area contributed by atoms with Gasteiger partial charge in [0.25, 0.3) is 0 Å². The zero-order valence-electron chi connectivity index (χ0n) is 8.03. The highest BCUT2D eigenvalue weighted by Crippen LogP contribution is 2.30. The molecular formula is C9H16N2O2. The molecule has 0 unspecified atom stereocenters. The molecule has 4 nitrogen and oxygen atoms in total. The summed E-state index contributed by atoms with van der Waals surface area (Å²) in [6.45, 7) is 3.65. The van der Waals surface area contributed by atoms with Crippen LogP contribution in [0.2, 0.25) is 0 Å². The lowest BCUT2D eigenvalue weighted by atomic mass is 10.4. The molecule has 0 N–H and O–H groups in total. The largest absolute Gasteiger partial charge is 0.368 e. The van der Waals surface area contributed by atoms with E-state index < -0.39 is 0 Å². The molecule has 1 aliphatic carbocycles. The van der Waals surface area contributed by atoms with Crippen LogP contribution in [-0.2, 0) is 9.63 Å². The van der Waals surface area contributed by atoms with Gasteiger partial charge in [-0.15, -0.1) is 5.06 Å². The van der Waals surface area contributed by atoms with Crippen LogP contribution in [0.1, 0.15) is 12.8 Å². The minimum Gasteiger partial charge on any atom is -0.368 e. The molecule has 0 spiro atoms. The van der Waals surface area contributed by atoms with Gasteiger partial charge in [-0.3, -0.25) is 4.79 Å². The number of likely N-dealkylation sites (N-methyl/N-ethyl adjacent to an activating group) is 1. The van der Waals surface area contributed by atoms with Crippen molar-refractivity contribution in [2.45, 2.75) is 12.8 Å². The van der Waals surface area contributed by atoms with Crippen molar-refractivity contribution in [3.05, 3.63) is 0 Å². The van der Waals surface area contributed by atoms with E-state index in [0.717, 1.165) is 39.0 Å². The number of carbonyl (C=O) groups is 1. The zero-order valence-corrected chi connectivity index (χ0v) is 8.03. The fraction of sp³-hybridized carbons (Fsp3) is 0.889. The second kappa shape index (κ2) is 3.64. The normalized spacial score (nSPS) is 25.9. The lowest BCUT2D eigenvalue weighted by molar-refractivity contribution is -0.198. The van der Waals surface area contributed by atoms with Crippen LogP contribution in [-0.4, -0.2) is 49.2 Å². The van der Waals surface area contributed by atoms with Crippen molar-refractivity contribution in [3.63, 3.8) is 0 Å². The molecule has 2 aliphatic rings. The smallest absolute Gasteiger partial charge is 0.328 e. The van der Waals surface area contributed by atoms with Gasteiger partial charge >= 0.3 is 5.97 Å². The summed E-state index contributed by atoms with van der Waals surface area (Å²) in [5.41, 5.74) is 0. The van der Waals surface area contributed by atoms with E-state index in [4.69, 9.17) is 4.84 Å². The molecule has 0 aromatic heterocycles. The molecule has 1 heterocycles. The van der Waals surface area contributed by atoms with Gasteiger partial charge in [0.1, 0.15) is 0 Å². The summed E-state index contributed by atoms with van der Waals surface area (Å²) in [5.74, 6) is 0.184. The number of carbonyl (C=O) groups excluding carboxylic acids is 1. The Labute approximate surface area is 78.4 Å². The molecule has 74 valence electrons. The Bertz CT molecular complexity index is 196. The molecule has 0 atom stereocenters. The van der Waals surface area contributed by atoms with Crippen LogP contribution in [0.5, 0.6) is 0 Å². The SMILES string of the molecule is CN1CCN(OC(=O)C2CC2)CC1. The second-order valence-corrected chi connectivity index (χ2v) is 3.92. The summed E-state index contributed by atoms with van der Waals surface area (Å²) in [6, 6.07) is 0. The van der Waals surface area contributed by atoms with Crippen LogP contribution in [0, 0.1) is 5.92 Å². The average Bonchev–Trinajstić information content (AvgIpc) is 2.91. The Morgan fingerprint density at radius 1 is 1.23 bits per heavy atom. The molecule has 13 heavy (non-hydrogen) atoms. The van der Waals surface area contributed by atoms with Crippen LogP contribution < -0.4 is 0 Å². The van der Waals surface area contributed by atoms with Crippen LogP contribution in [0.15, 0.2) is 0 Å². The predicted molar refractivity (Wildman–Crippen MR) is 47.9 cm³/mol. The van der Waals surface area contributed by atoms with E-state index >= 15 is 0 Å². The van der Waals surface area contributed by atoms with Gasteiger partial charge in [-0.1, -0.05) is 0 Å². The quantitative estimate of drug-likeness (QED) is 0.609. The van der Waals surface area contributed by atoms with E-state index in [0.29, 0.717) is 0 Å². The molecule has 2 fully saturated rings. The highest BCUT2D eigenvalue weighted by Gasteiger charge is 2.33. The molecule has 0 amide bonds. The number of piperazine rings is 1. The van der Waals surface area contributed by atoms with Crippen LogP contribution in [0.25, 0.3) is 0 Å². The number of hydroxylamine groups is 2. The zero-order chi connectivity index (χ0) is 9.26. The van der Waals surface area contributed by atoms with Crippen molar-refractivity contribution >= 4 is 5.97 Å². The number of hydrogen-bond donors (Lipinski definition) is 0. The highest BCUT2D eigenvalue weighted by molar-refractivity contribution is 5.74. The van der Waals surface area contributed by atoms with Crippen LogP contribution in [0.4, 0.5) is 0 Å². The second-order valence-electron chi connectivity index (χ2n) is 3.92. The van der Waals surface area contributed by atoms with Gasteiger partial charge in [-0.05, 0) is 19.9 Å². The van der Waals surface area contributed by atoms with Gasteiger partial charge in [0.15, 0.2) is 0 Å². The van der Waals surface area contributed by atoms with Gasteiger partial charge < -0.3 is 9.74 Å². The van der Waals surface area contributed by atoms with Gasteiger partial charge in [-0.2, -0.15) is 0 Å². The maximum absolute atomic E-state index is 11.3. The molecule has 1 saturated heterocycles. The molecule has 2 rings (SSSR count). The van der Waals surface area contributed by atoms with E-state index in [2.05, 4.69) is 11.9 Å². The van der Waals surface area contributed by atoms with E-state index in [1.807, 2.05) is 0 Å². The van der Waals surface area contributed by atoms with E-state index in [1.54, 1.807) is 5.06 Å². The fourth-order valence-electron chi connectivity index (χ4n) is 1.40. The number of rotatable bonds is 2. The molecule has 1 saturated carbocycles. The Morgan fingerprint density at radius 3 is 2.38 bits per heavy atom. The van der Waals surface area contributed by atoms with Crippen molar-refractivity contribution in [2.75, 3.05) is 33.2 Å². The molecule has 0 bridgehead atoms. The van der Waals surface area contributed by atoms with Crippen molar-refractivity contribution in [1.29, 1.82) is 0 Å². The van der Waals surface area contributed by atoms with E-state index in [1.165, 1.54) is 0 Å². The van der Waals surface area contributed by atoms with Gasteiger partial charge in [0, 0.05) is 26.2 Å². The summed E-state index contributed by atoms with van der Waals surface area (Å²) >= 11 is 0. The standard InChI is InChI=1S/C9H16N2O2/c1-10-4-6-11(7-5-10)13-9(12)8-2-3-8/h8H,2-7H2,1H3. The van der Waals surface area contributed by atoms with Gasteiger partial charge in [-0.25, -0.2) is 0 Å². The topological polar surface area (TPSA) is 32.8 Å². The maximum atomic E-state index is 11.3. The van der Waals surface area contributed by atoms with Crippen molar-refractivity contribution in [3.8, 4) is 0 Å². The molecule has 1 aliphatic heterocycles. The molecule has 0 radical (unpaired) electrons.